The summed E-state index contributed by atoms with van der Waals surface area (Å²) in [5.74, 6) is 0.175. The van der Waals surface area contributed by atoms with Gasteiger partial charge in [-0.25, -0.2) is 0 Å². The molecule has 1 amide bonds. The summed E-state index contributed by atoms with van der Waals surface area (Å²) in [4.78, 5) is 16.6. The van der Waals surface area contributed by atoms with Crippen molar-refractivity contribution >= 4 is 48.3 Å². The summed E-state index contributed by atoms with van der Waals surface area (Å²) in [5.41, 5.74) is 0.844. The highest BCUT2D eigenvalue weighted by Gasteiger charge is 2.34. The van der Waals surface area contributed by atoms with Crippen molar-refractivity contribution in [3.05, 3.63) is 151 Å². The molecular formula is C36H33NOP2. The SMILES string of the molecule is O=C(c1ccccc1P(c1ccccc1)c1ccccc1)N1CCCC1CP(c1ccccc1)c1ccccc1. The van der Waals surface area contributed by atoms with Crippen LogP contribution in [0.15, 0.2) is 146 Å². The summed E-state index contributed by atoms with van der Waals surface area (Å²) in [5, 5.41) is 6.41. The van der Waals surface area contributed by atoms with Gasteiger partial charge < -0.3 is 4.90 Å². The third-order valence-electron chi connectivity index (χ3n) is 7.57. The molecule has 198 valence electrons. The average molecular weight is 558 g/mol. The van der Waals surface area contributed by atoms with E-state index in [4.69, 9.17) is 0 Å². The summed E-state index contributed by atoms with van der Waals surface area (Å²) in [6, 6.07) is 51.6. The van der Waals surface area contributed by atoms with Crippen molar-refractivity contribution in [1.82, 2.24) is 4.90 Å². The molecule has 6 rings (SSSR count). The van der Waals surface area contributed by atoms with Gasteiger partial charge in [-0.2, -0.15) is 0 Å². The molecule has 0 saturated carbocycles. The molecule has 1 unspecified atom stereocenters. The van der Waals surface area contributed by atoms with Gasteiger partial charge in [-0.05, 0) is 67.4 Å². The van der Waals surface area contributed by atoms with Gasteiger partial charge in [0, 0.05) is 18.2 Å². The van der Waals surface area contributed by atoms with Gasteiger partial charge in [0.15, 0.2) is 0 Å². The molecule has 5 aromatic carbocycles. The number of carbonyl (C=O) groups is 1. The Morgan fingerprint density at radius 2 is 1.05 bits per heavy atom. The molecule has 1 atom stereocenters. The smallest absolute Gasteiger partial charge is 0.254 e. The molecular weight excluding hydrogens is 524 g/mol. The lowest BCUT2D eigenvalue weighted by Crippen LogP contribution is -2.40. The van der Waals surface area contributed by atoms with Crippen LogP contribution in [0.4, 0.5) is 0 Å². The van der Waals surface area contributed by atoms with Crippen LogP contribution in [-0.4, -0.2) is 29.6 Å². The monoisotopic (exact) mass is 557 g/mol. The van der Waals surface area contributed by atoms with Gasteiger partial charge in [0.1, 0.15) is 0 Å². The highest BCUT2D eigenvalue weighted by Crippen LogP contribution is 2.39. The Hall–Kier alpha value is -3.57. The number of hydrogen-bond donors (Lipinski definition) is 0. The third-order valence-corrected chi connectivity index (χ3v) is 12.7. The molecule has 1 aliphatic rings. The highest BCUT2D eigenvalue weighted by atomic mass is 31.1. The van der Waals surface area contributed by atoms with Crippen molar-refractivity contribution in [3.63, 3.8) is 0 Å². The largest absolute Gasteiger partial charge is 0.335 e. The predicted octanol–water partition coefficient (Wildman–Crippen LogP) is 6.18. The van der Waals surface area contributed by atoms with Gasteiger partial charge in [-0.15, -0.1) is 0 Å². The zero-order valence-electron chi connectivity index (χ0n) is 22.5. The molecule has 1 fully saturated rings. The van der Waals surface area contributed by atoms with E-state index in [1.54, 1.807) is 0 Å². The highest BCUT2D eigenvalue weighted by molar-refractivity contribution is 7.80. The Morgan fingerprint density at radius 3 is 1.57 bits per heavy atom. The van der Waals surface area contributed by atoms with Crippen molar-refractivity contribution in [2.24, 2.45) is 0 Å². The van der Waals surface area contributed by atoms with Crippen LogP contribution in [0.2, 0.25) is 0 Å². The molecule has 40 heavy (non-hydrogen) atoms. The van der Waals surface area contributed by atoms with Crippen LogP contribution >= 0.6 is 15.8 Å². The molecule has 0 radical (unpaired) electrons. The molecule has 2 nitrogen and oxygen atoms in total. The summed E-state index contributed by atoms with van der Waals surface area (Å²) in [7, 11) is -1.42. The van der Waals surface area contributed by atoms with E-state index in [9.17, 15) is 4.79 Å². The minimum Gasteiger partial charge on any atom is -0.335 e. The number of likely N-dealkylation sites (tertiary alicyclic amines) is 1. The molecule has 0 N–H and O–H groups in total. The number of hydrogen-bond acceptors (Lipinski definition) is 1. The van der Waals surface area contributed by atoms with E-state index in [2.05, 4.69) is 138 Å². The maximum Gasteiger partial charge on any atom is 0.254 e. The van der Waals surface area contributed by atoms with Crippen LogP contribution in [0.3, 0.4) is 0 Å². The first-order valence-electron chi connectivity index (χ1n) is 14.0. The maximum atomic E-state index is 14.4. The molecule has 1 saturated heterocycles. The first-order valence-corrected chi connectivity index (χ1v) is 16.8. The van der Waals surface area contributed by atoms with Crippen LogP contribution in [0.5, 0.6) is 0 Å². The summed E-state index contributed by atoms with van der Waals surface area (Å²) >= 11 is 0. The van der Waals surface area contributed by atoms with Crippen molar-refractivity contribution in [3.8, 4) is 0 Å². The van der Waals surface area contributed by atoms with Crippen LogP contribution in [-0.2, 0) is 0 Å². The Labute approximate surface area is 240 Å². The van der Waals surface area contributed by atoms with Gasteiger partial charge in [0.05, 0.1) is 0 Å². The number of nitrogens with zero attached hydrogens (tertiary/aromatic N) is 1. The second kappa shape index (κ2) is 12.7. The minimum absolute atomic E-state index is 0.175. The number of benzene rings is 5. The zero-order chi connectivity index (χ0) is 27.1. The Balaban J connectivity index is 1.35. The second-order valence-electron chi connectivity index (χ2n) is 10.1. The molecule has 5 aromatic rings. The summed E-state index contributed by atoms with van der Waals surface area (Å²) in [6.45, 7) is 0.819. The molecule has 1 heterocycles. The lowest BCUT2D eigenvalue weighted by atomic mass is 10.2. The Morgan fingerprint density at radius 1 is 0.600 bits per heavy atom. The van der Waals surface area contributed by atoms with Crippen molar-refractivity contribution in [2.75, 3.05) is 12.7 Å². The van der Waals surface area contributed by atoms with Crippen LogP contribution in [0.1, 0.15) is 23.2 Å². The van der Waals surface area contributed by atoms with Crippen LogP contribution in [0, 0.1) is 0 Å². The van der Waals surface area contributed by atoms with Crippen LogP contribution < -0.4 is 26.5 Å². The lowest BCUT2D eigenvalue weighted by Gasteiger charge is -2.30. The van der Waals surface area contributed by atoms with E-state index < -0.39 is 15.8 Å². The van der Waals surface area contributed by atoms with E-state index in [1.807, 2.05) is 12.1 Å². The molecule has 0 aliphatic carbocycles. The average Bonchev–Trinajstić information content (AvgIpc) is 3.50. The standard InChI is InChI=1S/C36H33NOP2/c38-36(34-25-13-14-26-35(34)40(32-21-9-3-10-22-32)33-23-11-4-12-24-33)37-27-15-16-29(37)28-39(30-17-5-1-6-18-30)31-19-7-2-8-20-31/h1-14,17-26,29H,15-16,27-28H2. The van der Waals surface area contributed by atoms with E-state index in [-0.39, 0.29) is 11.9 Å². The van der Waals surface area contributed by atoms with Gasteiger partial charge in [0.2, 0.25) is 0 Å². The second-order valence-corrected chi connectivity index (χ2v) is 14.5. The Kier molecular flexibility index (Phi) is 8.48. The fourth-order valence-corrected chi connectivity index (χ4v) is 10.7. The Bertz CT molecular complexity index is 1450. The summed E-state index contributed by atoms with van der Waals surface area (Å²) < 4.78 is 0. The normalized spacial score (nSPS) is 15.1. The molecule has 4 heteroatoms. The van der Waals surface area contributed by atoms with Crippen molar-refractivity contribution in [1.29, 1.82) is 0 Å². The lowest BCUT2D eigenvalue weighted by molar-refractivity contribution is 0.0751. The van der Waals surface area contributed by atoms with Gasteiger partial charge in [-0.3, -0.25) is 4.79 Å². The number of amides is 1. The molecule has 0 aromatic heterocycles. The quantitative estimate of drug-likeness (QED) is 0.209. The van der Waals surface area contributed by atoms with E-state index in [0.29, 0.717) is 0 Å². The predicted molar refractivity (Wildman–Crippen MR) is 173 cm³/mol. The first kappa shape index (κ1) is 26.6. The zero-order valence-corrected chi connectivity index (χ0v) is 24.3. The van der Waals surface area contributed by atoms with Crippen molar-refractivity contribution < 1.29 is 4.79 Å². The van der Waals surface area contributed by atoms with E-state index >= 15 is 0 Å². The van der Waals surface area contributed by atoms with E-state index in [0.717, 1.165) is 36.4 Å². The molecule has 0 bridgehead atoms. The van der Waals surface area contributed by atoms with Crippen LogP contribution in [0.25, 0.3) is 0 Å². The first-order chi connectivity index (χ1) is 19.8. The molecule has 1 aliphatic heterocycles. The van der Waals surface area contributed by atoms with E-state index in [1.165, 1.54) is 21.2 Å². The number of rotatable bonds is 8. The van der Waals surface area contributed by atoms with Gasteiger partial charge in [0.25, 0.3) is 5.91 Å². The summed E-state index contributed by atoms with van der Waals surface area (Å²) in [6.07, 6.45) is 3.10. The van der Waals surface area contributed by atoms with Gasteiger partial charge in [-0.1, -0.05) is 140 Å². The fraction of sp³-hybridized carbons (Fsp3) is 0.139. The minimum atomic E-state index is -0.860. The van der Waals surface area contributed by atoms with Gasteiger partial charge >= 0.3 is 0 Å². The molecule has 0 spiro atoms. The topological polar surface area (TPSA) is 20.3 Å². The number of carbonyl (C=O) groups excluding carboxylic acids is 1. The van der Waals surface area contributed by atoms with Crippen molar-refractivity contribution in [2.45, 2.75) is 18.9 Å². The fourth-order valence-electron chi connectivity index (χ4n) is 5.66. The maximum absolute atomic E-state index is 14.4. The third kappa shape index (κ3) is 5.80.